The molecular formula is C26H19N5O3S. The van der Waals surface area contributed by atoms with Crippen LogP contribution in [0.15, 0.2) is 83.0 Å². The van der Waals surface area contributed by atoms with Crippen molar-refractivity contribution in [3.63, 3.8) is 0 Å². The number of amides is 1. The second kappa shape index (κ2) is 8.37. The SMILES string of the molecule is Cc1cc(=O)[nH]c(-n2nc(-c3cccs3)cc2NC(=O)C2c3ccccc3Oc3ccccc32)n1. The Labute approximate surface area is 203 Å². The fourth-order valence-electron chi connectivity index (χ4n) is 4.23. The number of ether oxygens (including phenoxy) is 1. The van der Waals surface area contributed by atoms with Crippen molar-refractivity contribution in [2.45, 2.75) is 12.8 Å². The van der Waals surface area contributed by atoms with Crippen LogP contribution >= 0.6 is 11.3 Å². The first-order valence-corrected chi connectivity index (χ1v) is 11.8. The summed E-state index contributed by atoms with van der Waals surface area (Å²) in [6, 6.07) is 22.1. The molecule has 2 N–H and O–H groups in total. The molecule has 0 radical (unpaired) electrons. The van der Waals surface area contributed by atoms with E-state index >= 15 is 0 Å². The fourth-order valence-corrected chi connectivity index (χ4v) is 4.91. The Bertz CT molecular complexity index is 1570. The quantitative estimate of drug-likeness (QED) is 0.381. The number of fused-ring (bicyclic) bond motifs is 2. The van der Waals surface area contributed by atoms with E-state index < -0.39 is 5.92 Å². The lowest BCUT2D eigenvalue weighted by Gasteiger charge is -2.27. The molecule has 0 bridgehead atoms. The molecule has 4 heterocycles. The Kier molecular flexibility index (Phi) is 5.04. The molecule has 8 nitrogen and oxygen atoms in total. The summed E-state index contributed by atoms with van der Waals surface area (Å²) in [5.74, 6) is 1.07. The van der Waals surface area contributed by atoms with Crippen molar-refractivity contribution >= 4 is 23.1 Å². The van der Waals surface area contributed by atoms with Crippen LogP contribution in [0.2, 0.25) is 0 Å². The topological polar surface area (TPSA) is 102 Å². The standard InChI is InChI=1S/C26H19N5O3S/c1-15-13-23(32)29-26(27-15)31-22(14-18(30-31)21-11-6-12-35-21)28-25(33)24-16-7-2-4-9-19(16)34-20-10-5-3-8-17(20)24/h2-14,24H,1H3,(H,28,33)(H,27,29,32). The highest BCUT2D eigenvalue weighted by Crippen LogP contribution is 2.44. The summed E-state index contributed by atoms with van der Waals surface area (Å²) in [6.07, 6.45) is 0. The number of rotatable bonds is 4. The first-order valence-electron chi connectivity index (χ1n) is 11.0. The van der Waals surface area contributed by atoms with Gasteiger partial charge in [-0.25, -0.2) is 4.98 Å². The first kappa shape index (κ1) is 21.1. The van der Waals surface area contributed by atoms with E-state index in [1.54, 1.807) is 13.0 Å². The second-order valence-corrected chi connectivity index (χ2v) is 9.06. The van der Waals surface area contributed by atoms with E-state index in [4.69, 9.17) is 4.74 Å². The van der Waals surface area contributed by atoms with Gasteiger partial charge in [0, 0.05) is 29.0 Å². The predicted molar refractivity (Wildman–Crippen MR) is 133 cm³/mol. The number of aromatic amines is 1. The van der Waals surface area contributed by atoms with Gasteiger partial charge in [0.05, 0.1) is 10.8 Å². The smallest absolute Gasteiger partial charge is 0.252 e. The summed E-state index contributed by atoms with van der Waals surface area (Å²) in [5.41, 5.74) is 2.45. The van der Waals surface area contributed by atoms with Crippen molar-refractivity contribution in [1.82, 2.24) is 19.7 Å². The van der Waals surface area contributed by atoms with Gasteiger partial charge in [0.1, 0.15) is 23.0 Å². The van der Waals surface area contributed by atoms with Crippen LogP contribution in [0.1, 0.15) is 22.7 Å². The Morgan fingerprint density at radius 2 is 1.74 bits per heavy atom. The molecule has 0 saturated carbocycles. The average Bonchev–Trinajstić information content (AvgIpc) is 3.52. The maximum Gasteiger partial charge on any atom is 0.252 e. The molecule has 5 aromatic rings. The van der Waals surface area contributed by atoms with Gasteiger partial charge in [-0.3, -0.25) is 14.6 Å². The summed E-state index contributed by atoms with van der Waals surface area (Å²) in [7, 11) is 0. The van der Waals surface area contributed by atoms with Gasteiger partial charge in [-0.15, -0.1) is 11.3 Å². The Morgan fingerprint density at radius 1 is 1.03 bits per heavy atom. The molecule has 35 heavy (non-hydrogen) atoms. The van der Waals surface area contributed by atoms with Gasteiger partial charge in [-0.2, -0.15) is 9.78 Å². The summed E-state index contributed by atoms with van der Waals surface area (Å²) < 4.78 is 7.49. The summed E-state index contributed by atoms with van der Waals surface area (Å²) in [6.45, 7) is 1.73. The molecule has 0 aliphatic carbocycles. The number of carbonyl (C=O) groups is 1. The molecular weight excluding hydrogens is 462 g/mol. The van der Waals surface area contributed by atoms with E-state index in [-0.39, 0.29) is 17.4 Å². The second-order valence-electron chi connectivity index (χ2n) is 8.11. The zero-order valence-electron chi connectivity index (χ0n) is 18.6. The Morgan fingerprint density at radius 3 is 2.40 bits per heavy atom. The van der Waals surface area contributed by atoms with Gasteiger partial charge in [0.2, 0.25) is 11.9 Å². The number of hydrogen-bond donors (Lipinski definition) is 2. The number of aromatic nitrogens is 4. The van der Waals surface area contributed by atoms with E-state index in [1.807, 2.05) is 66.0 Å². The number of para-hydroxylation sites is 2. The van der Waals surface area contributed by atoms with Crippen LogP contribution in [-0.4, -0.2) is 25.7 Å². The third-order valence-corrected chi connectivity index (χ3v) is 6.63. The maximum absolute atomic E-state index is 13.8. The van der Waals surface area contributed by atoms with Crippen LogP contribution in [-0.2, 0) is 4.79 Å². The number of thiophene rings is 1. The van der Waals surface area contributed by atoms with Crippen LogP contribution in [0.25, 0.3) is 16.5 Å². The van der Waals surface area contributed by atoms with Crippen molar-refractivity contribution in [2.75, 3.05) is 5.32 Å². The van der Waals surface area contributed by atoms with Gasteiger partial charge >= 0.3 is 0 Å². The molecule has 0 fully saturated rings. The highest BCUT2D eigenvalue weighted by atomic mass is 32.1. The number of aryl methyl sites for hydroxylation is 1. The molecule has 0 saturated heterocycles. The summed E-state index contributed by atoms with van der Waals surface area (Å²) >= 11 is 1.53. The zero-order chi connectivity index (χ0) is 23.9. The summed E-state index contributed by atoms with van der Waals surface area (Å²) in [4.78, 5) is 34.0. The van der Waals surface area contributed by atoms with Crippen LogP contribution in [0.5, 0.6) is 11.5 Å². The number of H-pyrrole nitrogens is 1. The van der Waals surface area contributed by atoms with E-state index in [2.05, 4.69) is 20.4 Å². The van der Waals surface area contributed by atoms with Gasteiger partial charge in [0.25, 0.3) is 5.56 Å². The van der Waals surface area contributed by atoms with Gasteiger partial charge in [-0.05, 0) is 30.5 Å². The number of nitrogens with one attached hydrogen (secondary N) is 2. The van der Waals surface area contributed by atoms with E-state index in [0.29, 0.717) is 28.7 Å². The van der Waals surface area contributed by atoms with Crippen molar-refractivity contribution < 1.29 is 9.53 Å². The zero-order valence-corrected chi connectivity index (χ0v) is 19.4. The van der Waals surface area contributed by atoms with E-state index in [9.17, 15) is 9.59 Å². The minimum Gasteiger partial charge on any atom is -0.457 e. The van der Waals surface area contributed by atoms with Crippen molar-refractivity contribution in [3.8, 4) is 28.0 Å². The number of nitrogens with zero attached hydrogens (tertiary/aromatic N) is 3. The lowest BCUT2D eigenvalue weighted by molar-refractivity contribution is -0.116. The number of carbonyl (C=O) groups excluding carboxylic acids is 1. The van der Waals surface area contributed by atoms with Crippen LogP contribution in [0.4, 0.5) is 5.82 Å². The number of hydrogen-bond acceptors (Lipinski definition) is 6. The number of anilines is 1. The summed E-state index contributed by atoms with van der Waals surface area (Å²) in [5, 5.41) is 9.63. The number of benzene rings is 2. The molecule has 2 aromatic carbocycles. The molecule has 172 valence electrons. The highest BCUT2D eigenvalue weighted by molar-refractivity contribution is 7.13. The molecule has 0 unspecified atom stereocenters. The lowest BCUT2D eigenvalue weighted by atomic mass is 9.87. The Hall–Kier alpha value is -4.50. The molecule has 0 atom stereocenters. The molecule has 3 aromatic heterocycles. The van der Waals surface area contributed by atoms with Gasteiger partial charge < -0.3 is 10.1 Å². The van der Waals surface area contributed by atoms with Crippen molar-refractivity contribution in [1.29, 1.82) is 0 Å². The first-order chi connectivity index (χ1) is 17.1. The average molecular weight is 482 g/mol. The normalized spacial score (nSPS) is 12.5. The van der Waals surface area contributed by atoms with E-state index in [0.717, 1.165) is 16.0 Å². The third-order valence-electron chi connectivity index (χ3n) is 5.73. The molecule has 1 aliphatic heterocycles. The highest BCUT2D eigenvalue weighted by Gasteiger charge is 2.33. The van der Waals surface area contributed by atoms with Crippen molar-refractivity contribution in [2.24, 2.45) is 0 Å². The molecule has 0 spiro atoms. The van der Waals surface area contributed by atoms with Crippen LogP contribution < -0.4 is 15.6 Å². The minimum absolute atomic E-state index is 0.223. The van der Waals surface area contributed by atoms with Crippen LogP contribution in [0.3, 0.4) is 0 Å². The third kappa shape index (κ3) is 3.81. The predicted octanol–water partition coefficient (Wildman–Crippen LogP) is 4.87. The Balaban J connectivity index is 1.45. The molecule has 1 amide bonds. The molecule has 1 aliphatic rings. The lowest BCUT2D eigenvalue weighted by Crippen LogP contribution is -2.26. The molecule has 6 rings (SSSR count). The van der Waals surface area contributed by atoms with Crippen molar-refractivity contribution in [3.05, 3.63) is 105 Å². The molecule has 9 heteroatoms. The fraction of sp³-hybridized carbons (Fsp3) is 0.0769. The minimum atomic E-state index is -0.589. The maximum atomic E-state index is 13.8. The van der Waals surface area contributed by atoms with E-state index in [1.165, 1.54) is 22.1 Å². The monoisotopic (exact) mass is 481 g/mol. The van der Waals surface area contributed by atoms with Gasteiger partial charge in [0.15, 0.2) is 0 Å². The van der Waals surface area contributed by atoms with Gasteiger partial charge in [-0.1, -0.05) is 42.5 Å². The largest absolute Gasteiger partial charge is 0.457 e. The van der Waals surface area contributed by atoms with Crippen LogP contribution in [0, 0.1) is 6.92 Å².